The van der Waals surface area contributed by atoms with Crippen LogP contribution in [-0.4, -0.2) is 37.6 Å². The zero-order chi connectivity index (χ0) is 19.5. The molecule has 0 aromatic carbocycles. The summed E-state index contributed by atoms with van der Waals surface area (Å²) in [5.41, 5.74) is -0.105. The summed E-state index contributed by atoms with van der Waals surface area (Å²) >= 11 is 1.23. The normalized spacial score (nSPS) is 34.2. The number of hydrogen-bond acceptors (Lipinski definition) is 6. The van der Waals surface area contributed by atoms with Crippen LogP contribution in [0.1, 0.15) is 70.0 Å². The molecule has 5 aliphatic carbocycles. The maximum Gasteiger partial charge on any atom is 0.321 e. The van der Waals surface area contributed by atoms with E-state index in [0.717, 1.165) is 55.7 Å². The number of rotatable bonds is 5. The summed E-state index contributed by atoms with van der Waals surface area (Å²) in [7, 11) is 0. The van der Waals surface area contributed by atoms with Crippen molar-refractivity contribution in [2.45, 2.75) is 80.2 Å². The molecule has 5 aliphatic rings. The van der Waals surface area contributed by atoms with Gasteiger partial charge in [0.05, 0.1) is 5.25 Å². The van der Waals surface area contributed by atoms with Gasteiger partial charge in [0.2, 0.25) is 11.1 Å². The van der Waals surface area contributed by atoms with Crippen molar-refractivity contribution >= 4 is 23.7 Å². The van der Waals surface area contributed by atoms with Gasteiger partial charge < -0.3 is 11.2 Å². The molecule has 5 fully saturated rings. The van der Waals surface area contributed by atoms with Crippen molar-refractivity contribution in [1.82, 2.24) is 25.5 Å². The molecule has 1 aromatic heterocycles. The third-order valence-electron chi connectivity index (χ3n) is 6.94. The number of thioether (sulfide) groups is 1. The van der Waals surface area contributed by atoms with Crippen LogP contribution in [0.2, 0.25) is 0 Å². The second-order valence-corrected chi connectivity index (χ2v) is 10.7. The van der Waals surface area contributed by atoms with Crippen molar-refractivity contribution in [2.75, 3.05) is 5.84 Å². The number of carbonyl (C=O) groups excluding carboxylic acids is 2. The highest BCUT2D eigenvalue weighted by molar-refractivity contribution is 8.00. The smallest absolute Gasteiger partial charge is 0.321 e. The standard InChI is InChI=1S/C19H28N6O2S/c1-10(28-18-24-23-15(25(18)20)14-2-3-14)16(26)21-17(27)22-19-7-11-4-12(8-19)6-13(5-11)9-19/h10-14H,2-9,20H2,1H3,(H2,21,22,26,27). The van der Waals surface area contributed by atoms with E-state index in [-0.39, 0.29) is 17.5 Å². The summed E-state index contributed by atoms with van der Waals surface area (Å²) in [6.45, 7) is 1.75. The highest BCUT2D eigenvalue weighted by Crippen LogP contribution is 2.55. The van der Waals surface area contributed by atoms with Gasteiger partial charge >= 0.3 is 6.03 Å². The third-order valence-corrected chi connectivity index (χ3v) is 8.00. The fourth-order valence-corrected chi connectivity index (χ4v) is 6.73. The molecule has 3 amide bonds. The SMILES string of the molecule is CC(Sc1nnc(C2CC2)n1N)C(=O)NC(=O)NC12CC3CC(CC(C3)C1)C2. The van der Waals surface area contributed by atoms with E-state index in [9.17, 15) is 9.59 Å². The first-order chi connectivity index (χ1) is 13.4. The Kier molecular flexibility index (Phi) is 4.33. The van der Waals surface area contributed by atoms with Crippen LogP contribution in [0.4, 0.5) is 4.79 Å². The maximum absolute atomic E-state index is 12.6. The number of nitrogens with two attached hydrogens (primary N) is 1. The Morgan fingerprint density at radius 3 is 2.32 bits per heavy atom. The van der Waals surface area contributed by atoms with Crippen LogP contribution >= 0.6 is 11.8 Å². The number of nitrogens with one attached hydrogen (secondary N) is 2. The zero-order valence-electron chi connectivity index (χ0n) is 16.2. The minimum absolute atomic E-state index is 0.105. The van der Waals surface area contributed by atoms with Crippen LogP contribution in [0, 0.1) is 17.8 Å². The van der Waals surface area contributed by atoms with Crippen molar-refractivity contribution in [1.29, 1.82) is 0 Å². The highest BCUT2D eigenvalue weighted by Gasteiger charge is 2.51. The van der Waals surface area contributed by atoms with Gasteiger partial charge in [-0.2, -0.15) is 0 Å². The molecule has 0 spiro atoms. The minimum atomic E-state index is -0.485. The van der Waals surface area contributed by atoms with Gasteiger partial charge in [0, 0.05) is 11.5 Å². The fraction of sp³-hybridized carbons (Fsp3) is 0.789. The summed E-state index contributed by atoms with van der Waals surface area (Å²) in [4.78, 5) is 25.1. The molecule has 6 rings (SSSR count). The first-order valence-electron chi connectivity index (χ1n) is 10.4. The molecule has 0 saturated heterocycles. The van der Waals surface area contributed by atoms with Crippen LogP contribution in [0.3, 0.4) is 0 Å². The first kappa shape index (κ1) is 18.3. The van der Waals surface area contributed by atoms with Gasteiger partial charge in [-0.3, -0.25) is 10.1 Å². The average Bonchev–Trinajstić information content (AvgIpc) is 3.38. The minimum Gasteiger partial charge on any atom is -0.336 e. The lowest BCUT2D eigenvalue weighted by Crippen LogP contribution is -2.62. The van der Waals surface area contributed by atoms with E-state index in [1.807, 2.05) is 0 Å². The second kappa shape index (κ2) is 6.64. The average molecular weight is 405 g/mol. The molecular weight excluding hydrogens is 376 g/mol. The molecule has 4 N–H and O–H groups in total. The van der Waals surface area contributed by atoms with E-state index in [1.165, 1.54) is 35.7 Å². The number of carbonyl (C=O) groups is 2. The molecule has 0 aliphatic heterocycles. The molecule has 9 heteroatoms. The molecule has 1 heterocycles. The lowest BCUT2D eigenvalue weighted by molar-refractivity contribution is -0.119. The molecule has 1 aromatic rings. The van der Waals surface area contributed by atoms with E-state index < -0.39 is 5.25 Å². The lowest BCUT2D eigenvalue weighted by atomic mass is 9.53. The van der Waals surface area contributed by atoms with Crippen LogP contribution in [0.15, 0.2) is 5.16 Å². The van der Waals surface area contributed by atoms with Crippen molar-refractivity contribution in [3.8, 4) is 0 Å². The Bertz CT molecular complexity index is 769. The first-order valence-corrected chi connectivity index (χ1v) is 11.3. The molecule has 5 saturated carbocycles. The largest absolute Gasteiger partial charge is 0.336 e. The van der Waals surface area contributed by atoms with Crippen LogP contribution < -0.4 is 16.5 Å². The third kappa shape index (κ3) is 3.38. The number of aromatic nitrogens is 3. The summed E-state index contributed by atoms with van der Waals surface area (Å²) in [6, 6.07) is -0.368. The van der Waals surface area contributed by atoms with Gasteiger partial charge in [-0.25, -0.2) is 9.47 Å². The lowest BCUT2D eigenvalue weighted by Gasteiger charge is -2.56. The van der Waals surface area contributed by atoms with E-state index in [2.05, 4.69) is 20.8 Å². The number of nitrogen functional groups attached to an aromatic ring is 1. The Morgan fingerprint density at radius 2 is 1.75 bits per heavy atom. The van der Waals surface area contributed by atoms with E-state index >= 15 is 0 Å². The summed E-state index contributed by atoms with van der Waals surface area (Å²) < 4.78 is 1.47. The molecule has 1 atom stereocenters. The summed E-state index contributed by atoms with van der Waals surface area (Å²) in [6.07, 6.45) is 9.30. The molecule has 0 radical (unpaired) electrons. The second-order valence-electron chi connectivity index (χ2n) is 9.39. The quantitative estimate of drug-likeness (QED) is 0.512. The van der Waals surface area contributed by atoms with Gasteiger partial charge in [-0.1, -0.05) is 11.8 Å². The van der Waals surface area contributed by atoms with E-state index in [0.29, 0.717) is 11.1 Å². The van der Waals surface area contributed by atoms with Crippen LogP contribution in [-0.2, 0) is 4.79 Å². The predicted octanol–water partition coefficient (Wildman–Crippen LogP) is 2.14. The number of nitrogens with zero attached hydrogens (tertiary/aromatic N) is 3. The van der Waals surface area contributed by atoms with Crippen molar-refractivity contribution in [3.63, 3.8) is 0 Å². The van der Waals surface area contributed by atoms with Crippen molar-refractivity contribution in [2.24, 2.45) is 17.8 Å². The fourth-order valence-electron chi connectivity index (χ4n) is 5.95. The highest BCUT2D eigenvalue weighted by atomic mass is 32.2. The van der Waals surface area contributed by atoms with Gasteiger partial charge in [0.15, 0.2) is 5.82 Å². The molecule has 28 heavy (non-hydrogen) atoms. The van der Waals surface area contributed by atoms with Gasteiger partial charge in [0.25, 0.3) is 0 Å². The number of urea groups is 1. The Balaban J connectivity index is 1.17. The Labute approximate surface area is 168 Å². The molecule has 4 bridgehead atoms. The molecule has 8 nitrogen and oxygen atoms in total. The molecular formula is C19H28N6O2S. The van der Waals surface area contributed by atoms with E-state index in [4.69, 9.17) is 5.84 Å². The zero-order valence-corrected chi connectivity index (χ0v) is 17.0. The monoisotopic (exact) mass is 404 g/mol. The van der Waals surface area contributed by atoms with Crippen molar-refractivity contribution in [3.05, 3.63) is 5.82 Å². The topological polar surface area (TPSA) is 115 Å². The van der Waals surface area contributed by atoms with Crippen LogP contribution in [0.5, 0.6) is 0 Å². The number of hydrogen-bond donors (Lipinski definition) is 3. The van der Waals surface area contributed by atoms with Gasteiger partial charge in [0.1, 0.15) is 0 Å². The Hall–Kier alpha value is -1.77. The molecule has 152 valence electrons. The van der Waals surface area contributed by atoms with Gasteiger partial charge in [-0.05, 0) is 76.0 Å². The van der Waals surface area contributed by atoms with Crippen molar-refractivity contribution < 1.29 is 9.59 Å². The molecule has 1 unspecified atom stereocenters. The van der Waals surface area contributed by atoms with Crippen LogP contribution in [0.25, 0.3) is 0 Å². The maximum atomic E-state index is 12.6. The Morgan fingerprint density at radius 1 is 1.14 bits per heavy atom. The number of amides is 3. The van der Waals surface area contributed by atoms with Gasteiger partial charge in [-0.15, -0.1) is 10.2 Å². The number of imide groups is 1. The summed E-state index contributed by atoms with van der Waals surface area (Å²) in [5, 5.41) is 13.9. The van der Waals surface area contributed by atoms with E-state index in [1.54, 1.807) is 6.92 Å². The predicted molar refractivity (Wildman–Crippen MR) is 105 cm³/mol. The summed E-state index contributed by atoms with van der Waals surface area (Å²) in [5.74, 6) is 9.11.